The van der Waals surface area contributed by atoms with Crippen LogP contribution in [-0.4, -0.2) is 180 Å². The van der Waals surface area contributed by atoms with Crippen LogP contribution in [0.25, 0.3) is 0 Å². The standard InChI is InChI=1S/C61H98F2N12O15/c1-11-15-16-17-21-24-39(67-53(82)41(65-10)27-37-22-19-18-20-23-37)51(80)69-42(30-76)54(83)68-40(25-26-45(64)78)52(81)71-47(33(6)13-3)57(86)72-46(32(5)12-2)56(85)70-43(31-77)55(84)73-49-36(9)90-59(88)48(34(7)14-4)74-60(89)61(29-38(61)28-44(62)63)75-50(79)35(8)66-58(49)87/h18-20,22-23,32-36,38-44,46-49,65,76-77H,11-17,21,24-31H2,1-10H3,(H2,64,78)(H,66,87)(H,67,82)(H,68,83)(H,69,80)(H,70,85)(H,71,81)(H,72,86)(H,73,84)(H,74,89)(H,75,79)/t32-,33-,34?,35-,36-,38?,39-,40+,41+,42-,43-,46-,47+,48-,49+,61?/m0/s1. The van der Waals surface area contributed by atoms with Crippen molar-refractivity contribution in [2.45, 2.75) is 231 Å². The zero-order valence-electron chi connectivity index (χ0n) is 53.5. The van der Waals surface area contributed by atoms with E-state index in [0.717, 1.165) is 31.2 Å². The number of hydrogen-bond donors (Lipinski definition) is 14. The van der Waals surface area contributed by atoms with Crippen molar-refractivity contribution >= 4 is 70.9 Å². The summed E-state index contributed by atoms with van der Waals surface area (Å²) in [5.41, 5.74) is 4.49. The van der Waals surface area contributed by atoms with Crippen molar-refractivity contribution in [3.63, 3.8) is 0 Å². The minimum atomic E-state index is -2.83. The van der Waals surface area contributed by atoms with Crippen LogP contribution in [-0.2, 0) is 68.7 Å². The normalized spacial score (nSPS) is 22.8. The smallest absolute Gasteiger partial charge is 0.329 e. The first-order valence-corrected chi connectivity index (χ1v) is 31.3. The second kappa shape index (κ2) is 37.7. The van der Waals surface area contributed by atoms with Crippen molar-refractivity contribution in [2.24, 2.45) is 29.4 Å². The summed E-state index contributed by atoms with van der Waals surface area (Å²) in [6, 6.07) is -5.48. The molecular formula is C61H98F2N12O15. The second-order valence-corrected chi connectivity index (χ2v) is 23.8. The third kappa shape index (κ3) is 23.1. The van der Waals surface area contributed by atoms with Crippen molar-refractivity contribution in [1.29, 1.82) is 0 Å². The molecule has 3 unspecified atom stereocenters. The quantitative estimate of drug-likeness (QED) is 0.0295. The van der Waals surface area contributed by atoms with Crippen LogP contribution < -0.4 is 64.2 Å². The van der Waals surface area contributed by atoms with E-state index in [4.69, 9.17) is 10.5 Å². The number of primary amides is 1. The molecule has 1 saturated carbocycles. The Hall–Kier alpha value is -7.40. The van der Waals surface area contributed by atoms with Crippen molar-refractivity contribution < 1.29 is 81.3 Å². The molecule has 0 aromatic heterocycles. The molecule has 1 aromatic carbocycles. The molecule has 2 fully saturated rings. The van der Waals surface area contributed by atoms with Gasteiger partial charge in [0, 0.05) is 12.8 Å². The van der Waals surface area contributed by atoms with E-state index in [9.17, 15) is 76.5 Å². The maximum Gasteiger partial charge on any atom is 0.329 e. The Labute approximate surface area is 525 Å². The SMILES string of the molecule is CCCCCCC[C@H](NC(=O)[C@@H](Cc1ccccc1)NC)C(=O)N[C@@H](CO)C(=O)N[C@H](CCC(N)=O)C(=O)N[C@@H](C(=O)N[C@H](C(=O)N[C@@H](CO)C(=O)N[C@H]1C(=O)N[C@@H](C)C(=O)NC2(CC2CC(F)F)C(=O)N[C@@H](C(C)CC)C(=O)O[C@H]1C)[C@@H](C)CC)[C@@H](C)CC. The first kappa shape index (κ1) is 76.8. The number of aliphatic hydroxyl groups excluding tert-OH is 2. The van der Waals surface area contributed by atoms with E-state index in [1.807, 2.05) is 37.3 Å². The highest BCUT2D eigenvalue weighted by Crippen LogP contribution is 2.48. The lowest BCUT2D eigenvalue weighted by atomic mass is 9.94. The van der Waals surface area contributed by atoms with Gasteiger partial charge in [0.1, 0.15) is 66.0 Å². The number of carbonyl (C=O) groups excluding carboxylic acids is 12. The fourth-order valence-corrected chi connectivity index (χ4v) is 10.2. The highest BCUT2D eigenvalue weighted by atomic mass is 19.3. The molecule has 1 heterocycles. The number of esters is 1. The lowest BCUT2D eigenvalue weighted by Crippen LogP contribution is -2.63. The van der Waals surface area contributed by atoms with Gasteiger partial charge in [0.25, 0.3) is 0 Å². The maximum atomic E-state index is 14.4. The van der Waals surface area contributed by atoms with Gasteiger partial charge < -0.3 is 79.2 Å². The van der Waals surface area contributed by atoms with Crippen LogP contribution in [0.4, 0.5) is 8.78 Å². The Kier molecular flexibility index (Phi) is 32.2. The number of rotatable bonds is 36. The molecule has 1 aromatic rings. The number of ether oxygens (including phenoxy) is 1. The Balaban J connectivity index is 1.86. The van der Waals surface area contributed by atoms with E-state index in [0.29, 0.717) is 19.3 Å². The van der Waals surface area contributed by atoms with Crippen molar-refractivity contribution in [3.05, 3.63) is 35.9 Å². The Bertz CT molecular complexity index is 2610. The second-order valence-electron chi connectivity index (χ2n) is 23.8. The molecule has 29 heteroatoms. The number of aliphatic hydroxyl groups is 2. The van der Waals surface area contributed by atoms with Crippen LogP contribution in [0.5, 0.6) is 0 Å². The molecule has 0 radical (unpaired) electrons. The molecule has 0 bridgehead atoms. The number of nitrogens with one attached hydrogen (secondary N) is 11. The molecule has 1 saturated heterocycles. The van der Waals surface area contributed by atoms with E-state index in [2.05, 4.69) is 58.5 Å². The number of amides is 11. The zero-order valence-corrected chi connectivity index (χ0v) is 53.5. The van der Waals surface area contributed by atoms with Gasteiger partial charge in [-0.25, -0.2) is 13.6 Å². The van der Waals surface area contributed by atoms with Crippen LogP contribution in [0.1, 0.15) is 151 Å². The van der Waals surface area contributed by atoms with E-state index in [-0.39, 0.29) is 25.7 Å². The average molecular weight is 1280 g/mol. The molecule has 11 amide bonds. The molecule has 1 spiro atoms. The molecule has 90 heavy (non-hydrogen) atoms. The van der Waals surface area contributed by atoms with Crippen LogP contribution in [0.2, 0.25) is 0 Å². The third-order valence-corrected chi connectivity index (χ3v) is 16.9. The van der Waals surface area contributed by atoms with Gasteiger partial charge in [-0.3, -0.25) is 52.7 Å². The van der Waals surface area contributed by atoms with E-state index in [1.54, 1.807) is 48.6 Å². The number of benzene rings is 1. The Morgan fingerprint density at radius 2 is 1.17 bits per heavy atom. The van der Waals surface area contributed by atoms with Gasteiger partial charge in [-0.2, -0.15) is 0 Å². The fraction of sp³-hybridized carbons (Fsp3) is 0.705. The van der Waals surface area contributed by atoms with Crippen LogP contribution >= 0.6 is 0 Å². The number of hydrogen-bond acceptors (Lipinski definition) is 16. The van der Waals surface area contributed by atoms with Gasteiger partial charge in [-0.05, 0) is 75.8 Å². The number of unbranched alkanes of at least 4 members (excludes halogenated alkanes) is 4. The van der Waals surface area contributed by atoms with E-state index < -0.39 is 206 Å². The summed E-state index contributed by atoms with van der Waals surface area (Å²) in [5, 5.41) is 49.1. The largest absolute Gasteiger partial charge is 0.458 e. The number of halogens is 2. The molecule has 15 N–H and O–H groups in total. The molecule has 3 rings (SSSR count). The Morgan fingerprint density at radius 3 is 1.71 bits per heavy atom. The first-order valence-electron chi connectivity index (χ1n) is 31.3. The highest BCUT2D eigenvalue weighted by Gasteiger charge is 2.62. The number of carbonyl (C=O) groups is 12. The molecule has 2 aliphatic rings. The lowest BCUT2D eigenvalue weighted by molar-refractivity contribution is -0.157. The summed E-state index contributed by atoms with van der Waals surface area (Å²) in [6.45, 7) is 12.3. The van der Waals surface area contributed by atoms with Crippen molar-refractivity contribution in [1.82, 2.24) is 58.5 Å². The zero-order chi connectivity index (χ0) is 67.6. The molecule has 1 aliphatic heterocycles. The monoisotopic (exact) mass is 1280 g/mol. The van der Waals surface area contributed by atoms with Crippen molar-refractivity contribution in [2.75, 3.05) is 20.3 Å². The maximum absolute atomic E-state index is 14.4. The average Bonchev–Trinajstić information content (AvgIpc) is 1.60. The summed E-state index contributed by atoms with van der Waals surface area (Å²) >= 11 is 0. The van der Waals surface area contributed by atoms with Crippen LogP contribution in [0.3, 0.4) is 0 Å². The number of alkyl halides is 2. The molecular weight excluding hydrogens is 1180 g/mol. The molecule has 16 atom stereocenters. The number of likely N-dealkylation sites (N-methyl/N-ethyl adjacent to an activating group) is 1. The Morgan fingerprint density at radius 1 is 0.656 bits per heavy atom. The van der Waals surface area contributed by atoms with Crippen LogP contribution in [0.15, 0.2) is 30.3 Å². The third-order valence-electron chi connectivity index (χ3n) is 16.9. The van der Waals surface area contributed by atoms with Gasteiger partial charge in [0.05, 0.1) is 19.3 Å². The molecule has 506 valence electrons. The highest BCUT2D eigenvalue weighted by molar-refractivity contribution is 6.01. The van der Waals surface area contributed by atoms with Gasteiger partial charge >= 0.3 is 5.97 Å². The minimum Gasteiger partial charge on any atom is -0.458 e. The number of cyclic esters (lactones) is 1. The van der Waals surface area contributed by atoms with E-state index >= 15 is 0 Å². The first-order chi connectivity index (χ1) is 42.6. The summed E-state index contributed by atoms with van der Waals surface area (Å²) in [7, 11) is 1.60. The minimum absolute atomic E-state index is 0.183. The lowest BCUT2D eigenvalue weighted by Gasteiger charge is -2.31. The predicted octanol–water partition coefficient (Wildman–Crippen LogP) is -0.576. The topological polar surface area (TPSA) is 413 Å². The van der Waals surface area contributed by atoms with Gasteiger partial charge in [-0.1, -0.05) is 130 Å². The van der Waals surface area contributed by atoms with E-state index in [1.165, 1.54) is 13.8 Å². The molecule has 27 nitrogen and oxygen atoms in total. The van der Waals surface area contributed by atoms with Gasteiger partial charge in [0.2, 0.25) is 71.4 Å². The number of nitrogens with two attached hydrogens (primary N) is 1. The predicted molar refractivity (Wildman–Crippen MR) is 326 cm³/mol. The molecule has 1 aliphatic carbocycles. The summed E-state index contributed by atoms with van der Waals surface area (Å²) < 4.78 is 32.8. The van der Waals surface area contributed by atoms with Crippen molar-refractivity contribution in [3.8, 4) is 0 Å². The van der Waals surface area contributed by atoms with Gasteiger partial charge in [-0.15, -0.1) is 0 Å². The van der Waals surface area contributed by atoms with Gasteiger partial charge in [0.15, 0.2) is 0 Å². The summed E-state index contributed by atoms with van der Waals surface area (Å²) in [5.74, 6) is -14.4. The summed E-state index contributed by atoms with van der Waals surface area (Å²) in [4.78, 5) is 166. The fourth-order valence-electron chi connectivity index (χ4n) is 10.2. The van der Waals surface area contributed by atoms with Crippen LogP contribution in [0, 0.1) is 23.7 Å². The summed E-state index contributed by atoms with van der Waals surface area (Å²) in [6.07, 6.45) is -0.830.